The van der Waals surface area contributed by atoms with Gasteiger partial charge in [-0.15, -0.1) is 0 Å². The van der Waals surface area contributed by atoms with Gasteiger partial charge in [-0.1, -0.05) is 30.3 Å². The minimum Gasteiger partial charge on any atom is -0.348 e. The average molecular weight is 315 g/mol. The number of benzene rings is 1. The first-order valence-corrected chi connectivity index (χ1v) is 8.56. The first kappa shape index (κ1) is 16.0. The van der Waals surface area contributed by atoms with Gasteiger partial charge in [-0.2, -0.15) is 0 Å². The lowest BCUT2D eigenvalue weighted by molar-refractivity contribution is -0.140. The van der Waals surface area contributed by atoms with Crippen LogP contribution in [0.4, 0.5) is 0 Å². The van der Waals surface area contributed by atoms with Crippen molar-refractivity contribution in [1.82, 2.24) is 15.5 Å². The second-order valence-electron chi connectivity index (χ2n) is 6.48. The van der Waals surface area contributed by atoms with Crippen LogP contribution in [0.5, 0.6) is 0 Å². The molecule has 124 valence electrons. The normalized spacial score (nSPS) is 25.3. The molecule has 0 aliphatic carbocycles. The highest BCUT2D eigenvalue weighted by molar-refractivity contribution is 5.90. The van der Waals surface area contributed by atoms with Gasteiger partial charge in [-0.05, 0) is 44.7 Å². The van der Waals surface area contributed by atoms with Crippen molar-refractivity contribution in [3.05, 3.63) is 35.9 Å². The Morgan fingerprint density at radius 3 is 2.70 bits per heavy atom. The SMILES string of the molecule is C[C@H](NC(=O)[C@@H]1CCCN1C(=O)[C@H]1CCCN1)c1ccccc1. The molecule has 3 rings (SSSR count). The van der Waals surface area contributed by atoms with Gasteiger partial charge in [0.05, 0.1) is 12.1 Å². The largest absolute Gasteiger partial charge is 0.348 e. The minimum atomic E-state index is -0.323. The monoisotopic (exact) mass is 315 g/mol. The molecule has 1 aromatic rings. The molecule has 5 heteroatoms. The molecular weight excluding hydrogens is 290 g/mol. The lowest BCUT2D eigenvalue weighted by Crippen LogP contribution is -2.51. The first-order valence-electron chi connectivity index (χ1n) is 8.56. The molecule has 0 spiro atoms. The third-order valence-corrected chi connectivity index (χ3v) is 4.86. The molecule has 2 saturated heterocycles. The predicted octanol–water partition coefficient (Wildman–Crippen LogP) is 1.61. The van der Waals surface area contributed by atoms with Gasteiger partial charge in [0.2, 0.25) is 11.8 Å². The van der Waals surface area contributed by atoms with Crippen LogP contribution in [0, 0.1) is 0 Å². The molecule has 3 atom stereocenters. The van der Waals surface area contributed by atoms with Crippen molar-refractivity contribution in [2.24, 2.45) is 0 Å². The van der Waals surface area contributed by atoms with Gasteiger partial charge in [0.1, 0.15) is 6.04 Å². The average Bonchev–Trinajstić information content (AvgIpc) is 3.26. The Balaban J connectivity index is 1.62. The summed E-state index contributed by atoms with van der Waals surface area (Å²) in [5, 5.41) is 6.30. The van der Waals surface area contributed by atoms with E-state index in [1.165, 1.54) is 0 Å². The molecule has 0 bridgehead atoms. The molecule has 2 heterocycles. The summed E-state index contributed by atoms with van der Waals surface area (Å²) in [4.78, 5) is 27.0. The molecule has 2 aliphatic rings. The van der Waals surface area contributed by atoms with E-state index in [0.717, 1.165) is 37.8 Å². The van der Waals surface area contributed by atoms with E-state index in [4.69, 9.17) is 0 Å². The summed E-state index contributed by atoms with van der Waals surface area (Å²) in [6.45, 7) is 3.56. The summed E-state index contributed by atoms with van der Waals surface area (Å²) >= 11 is 0. The summed E-state index contributed by atoms with van der Waals surface area (Å²) in [5.74, 6) is 0.0534. The molecule has 0 unspecified atom stereocenters. The van der Waals surface area contributed by atoms with E-state index in [2.05, 4.69) is 10.6 Å². The van der Waals surface area contributed by atoms with Gasteiger partial charge in [0, 0.05) is 6.54 Å². The molecule has 23 heavy (non-hydrogen) atoms. The highest BCUT2D eigenvalue weighted by atomic mass is 16.2. The maximum atomic E-state index is 12.6. The van der Waals surface area contributed by atoms with Crippen LogP contribution in [0.1, 0.15) is 44.2 Å². The standard InChI is InChI=1S/C18H25N3O2/c1-13(14-7-3-2-4-8-14)20-17(22)16-10-6-12-21(16)18(23)15-9-5-11-19-15/h2-4,7-8,13,15-16,19H,5-6,9-12H2,1H3,(H,20,22)/t13-,15+,16-/m0/s1. The molecule has 2 aliphatic heterocycles. The number of amides is 2. The zero-order valence-electron chi connectivity index (χ0n) is 13.6. The lowest BCUT2D eigenvalue weighted by Gasteiger charge is -2.28. The van der Waals surface area contributed by atoms with Crippen molar-refractivity contribution < 1.29 is 9.59 Å². The van der Waals surface area contributed by atoms with Crippen molar-refractivity contribution >= 4 is 11.8 Å². The van der Waals surface area contributed by atoms with Gasteiger partial charge in [-0.3, -0.25) is 9.59 Å². The number of carbonyl (C=O) groups is 2. The van der Waals surface area contributed by atoms with Gasteiger partial charge < -0.3 is 15.5 Å². The maximum absolute atomic E-state index is 12.6. The van der Waals surface area contributed by atoms with Gasteiger partial charge in [0.15, 0.2) is 0 Å². The second-order valence-corrected chi connectivity index (χ2v) is 6.48. The maximum Gasteiger partial charge on any atom is 0.243 e. The topological polar surface area (TPSA) is 61.4 Å². The smallest absolute Gasteiger partial charge is 0.243 e. The number of rotatable bonds is 4. The Morgan fingerprint density at radius 2 is 2.00 bits per heavy atom. The van der Waals surface area contributed by atoms with E-state index in [1.54, 1.807) is 4.90 Å². The summed E-state index contributed by atoms with van der Waals surface area (Å²) < 4.78 is 0. The Hall–Kier alpha value is -1.88. The van der Waals surface area contributed by atoms with Crippen molar-refractivity contribution in [2.45, 2.75) is 50.7 Å². The van der Waals surface area contributed by atoms with E-state index >= 15 is 0 Å². The number of carbonyl (C=O) groups excluding carboxylic acids is 2. The molecule has 2 N–H and O–H groups in total. The van der Waals surface area contributed by atoms with Gasteiger partial charge >= 0.3 is 0 Å². The Bertz CT molecular complexity index is 555. The van der Waals surface area contributed by atoms with Crippen LogP contribution in [0.25, 0.3) is 0 Å². The fraction of sp³-hybridized carbons (Fsp3) is 0.556. The van der Waals surface area contributed by atoms with E-state index in [-0.39, 0.29) is 29.9 Å². The quantitative estimate of drug-likeness (QED) is 0.887. The molecular formula is C18H25N3O2. The summed E-state index contributed by atoms with van der Waals surface area (Å²) in [6.07, 6.45) is 3.57. The van der Waals surface area contributed by atoms with Gasteiger partial charge in [-0.25, -0.2) is 0 Å². The summed E-state index contributed by atoms with van der Waals surface area (Å²) in [5.41, 5.74) is 1.08. The lowest BCUT2D eigenvalue weighted by atomic mass is 10.1. The molecule has 5 nitrogen and oxygen atoms in total. The van der Waals surface area contributed by atoms with Crippen LogP contribution >= 0.6 is 0 Å². The van der Waals surface area contributed by atoms with Crippen LogP contribution < -0.4 is 10.6 Å². The summed E-state index contributed by atoms with van der Waals surface area (Å²) in [6, 6.07) is 9.43. The van der Waals surface area contributed by atoms with Crippen LogP contribution in [0.2, 0.25) is 0 Å². The first-order chi connectivity index (χ1) is 11.2. The second kappa shape index (κ2) is 7.13. The Kier molecular flexibility index (Phi) is 4.96. The predicted molar refractivity (Wildman–Crippen MR) is 88.8 cm³/mol. The van der Waals surface area contributed by atoms with Gasteiger partial charge in [0.25, 0.3) is 0 Å². The highest BCUT2D eigenvalue weighted by Gasteiger charge is 2.38. The van der Waals surface area contributed by atoms with Crippen molar-refractivity contribution in [3.8, 4) is 0 Å². The molecule has 2 amide bonds. The highest BCUT2D eigenvalue weighted by Crippen LogP contribution is 2.22. The van der Waals surface area contributed by atoms with Crippen molar-refractivity contribution in [3.63, 3.8) is 0 Å². The number of hydrogen-bond donors (Lipinski definition) is 2. The summed E-state index contributed by atoms with van der Waals surface area (Å²) in [7, 11) is 0. The van der Waals surface area contributed by atoms with E-state index < -0.39 is 0 Å². The Labute approximate surface area is 137 Å². The molecule has 0 aromatic heterocycles. The van der Waals surface area contributed by atoms with Crippen molar-refractivity contribution in [2.75, 3.05) is 13.1 Å². The molecule has 0 saturated carbocycles. The zero-order valence-corrected chi connectivity index (χ0v) is 13.6. The molecule has 1 aromatic carbocycles. The van der Waals surface area contributed by atoms with Crippen molar-refractivity contribution in [1.29, 1.82) is 0 Å². The van der Waals surface area contributed by atoms with Crippen LogP contribution in [0.15, 0.2) is 30.3 Å². The molecule has 0 radical (unpaired) electrons. The molecule has 2 fully saturated rings. The number of nitrogens with zero attached hydrogens (tertiary/aromatic N) is 1. The fourth-order valence-electron chi connectivity index (χ4n) is 3.53. The van der Waals surface area contributed by atoms with Crippen LogP contribution in [0.3, 0.4) is 0 Å². The van der Waals surface area contributed by atoms with Crippen LogP contribution in [-0.2, 0) is 9.59 Å². The zero-order chi connectivity index (χ0) is 16.2. The number of nitrogens with one attached hydrogen (secondary N) is 2. The minimum absolute atomic E-state index is 0.0369. The number of likely N-dealkylation sites (tertiary alicyclic amines) is 1. The van der Waals surface area contributed by atoms with E-state index in [1.807, 2.05) is 37.3 Å². The van der Waals surface area contributed by atoms with Crippen LogP contribution in [-0.4, -0.2) is 41.9 Å². The third-order valence-electron chi connectivity index (χ3n) is 4.86. The third kappa shape index (κ3) is 3.55. The fourth-order valence-corrected chi connectivity index (χ4v) is 3.53. The van der Waals surface area contributed by atoms with E-state index in [0.29, 0.717) is 6.54 Å². The Morgan fingerprint density at radius 1 is 1.22 bits per heavy atom. The number of hydrogen-bond acceptors (Lipinski definition) is 3. The van der Waals surface area contributed by atoms with E-state index in [9.17, 15) is 9.59 Å².